The molecule has 0 saturated carbocycles. The van der Waals surface area contributed by atoms with Crippen molar-refractivity contribution in [3.8, 4) is 22.3 Å². The zero-order valence-corrected chi connectivity index (χ0v) is 27.6. The van der Waals surface area contributed by atoms with Crippen LogP contribution in [0.5, 0.6) is 0 Å². The molecule has 0 aliphatic carbocycles. The van der Waals surface area contributed by atoms with Crippen molar-refractivity contribution in [1.29, 1.82) is 0 Å². The molecule has 0 amide bonds. The highest BCUT2D eigenvalue weighted by molar-refractivity contribution is 6.03. The summed E-state index contributed by atoms with van der Waals surface area (Å²) in [4.78, 5) is 2.35. The first-order valence-electron chi connectivity index (χ1n) is 17.0. The van der Waals surface area contributed by atoms with E-state index >= 15 is 0 Å². The third kappa shape index (κ3) is 6.15. The Bertz CT molecular complexity index is 2230. The van der Waals surface area contributed by atoms with Crippen molar-refractivity contribution < 1.29 is 0 Å². The second-order valence-corrected chi connectivity index (χ2v) is 12.5. The number of hydrogen-bond acceptors (Lipinski definition) is 1. The Balaban J connectivity index is 1.15. The molecule has 0 aromatic heterocycles. The molecule has 0 unspecified atom stereocenters. The van der Waals surface area contributed by atoms with Crippen molar-refractivity contribution in [3.05, 3.63) is 205 Å². The molecule has 234 valence electrons. The first-order chi connectivity index (χ1) is 24.2. The number of anilines is 3. The Kier molecular flexibility index (Phi) is 8.32. The summed E-state index contributed by atoms with van der Waals surface area (Å²) >= 11 is 0. The second kappa shape index (κ2) is 13.5. The molecule has 0 radical (unpaired) electrons. The van der Waals surface area contributed by atoms with Crippen LogP contribution in [-0.4, -0.2) is 0 Å². The third-order valence-corrected chi connectivity index (χ3v) is 9.56. The summed E-state index contributed by atoms with van der Waals surface area (Å²) in [6.07, 6.45) is 3.14. The largest absolute Gasteiger partial charge is 0.311 e. The van der Waals surface area contributed by atoms with Crippen molar-refractivity contribution in [1.82, 2.24) is 0 Å². The van der Waals surface area contributed by atoms with Gasteiger partial charge in [0.1, 0.15) is 0 Å². The van der Waals surface area contributed by atoms with Gasteiger partial charge in [-0.15, -0.1) is 0 Å². The van der Waals surface area contributed by atoms with E-state index in [1.165, 1.54) is 60.5 Å². The van der Waals surface area contributed by atoms with Crippen LogP contribution in [0.25, 0.3) is 49.4 Å². The smallest absolute Gasteiger partial charge is 0.0462 e. The highest BCUT2D eigenvalue weighted by Crippen LogP contribution is 2.38. The van der Waals surface area contributed by atoms with Crippen LogP contribution in [-0.2, 0) is 6.42 Å². The quantitative estimate of drug-likeness (QED) is 0.152. The van der Waals surface area contributed by atoms with Gasteiger partial charge in [-0.2, -0.15) is 0 Å². The standard InChI is InChI=1S/C48H37N/c1-2-35(34-48-46-19-11-9-17-41(46)33-42-18-10-12-20-47(42)48)38-21-27-43(28-22-38)49(44-29-23-39(24-30-44)36-13-5-3-6-14-36)45-31-25-40(26-32-45)37-15-7-4-8-16-37/h2-33H,34H2,1H3/b35-2-. The lowest BCUT2D eigenvalue weighted by Crippen LogP contribution is -2.10. The Hall–Kier alpha value is -6.18. The van der Waals surface area contributed by atoms with E-state index in [2.05, 4.69) is 206 Å². The molecular formula is C48H37N. The van der Waals surface area contributed by atoms with Crippen molar-refractivity contribution in [3.63, 3.8) is 0 Å². The summed E-state index contributed by atoms with van der Waals surface area (Å²) in [5, 5.41) is 5.21. The van der Waals surface area contributed by atoms with Crippen LogP contribution in [0.3, 0.4) is 0 Å². The van der Waals surface area contributed by atoms with E-state index in [1.807, 2.05) is 0 Å². The molecule has 0 saturated heterocycles. The third-order valence-electron chi connectivity index (χ3n) is 9.56. The molecular weight excluding hydrogens is 591 g/mol. The molecule has 8 aromatic rings. The Morgan fingerprint density at radius 1 is 0.429 bits per heavy atom. The molecule has 8 rings (SSSR count). The zero-order chi connectivity index (χ0) is 33.0. The van der Waals surface area contributed by atoms with Crippen molar-refractivity contribution >= 4 is 44.2 Å². The average molecular weight is 628 g/mol. The van der Waals surface area contributed by atoms with Crippen molar-refractivity contribution in [2.45, 2.75) is 13.3 Å². The van der Waals surface area contributed by atoms with Gasteiger partial charge in [-0.1, -0.05) is 152 Å². The van der Waals surface area contributed by atoms with Gasteiger partial charge in [-0.3, -0.25) is 0 Å². The summed E-state index contributed by atoms with van der Waals surface area (Å²) in [5.74, 6) is 0. The van der Waals surface area contributed by atoms with Crippen LogP contribution in [0.15, 0.2) is 194 Å². The SMILES string of the molecule is C/C=C(/Cc1c2ccccc2cc2ccccc12)c1ccc(N(c2ccc(-c3ccccc3)cc2)c2ccc(-c3ccccc3)cc2)cc1. The van der Waals surface area contributed by atoms with Crippen LogP contribution >= 0.6 is 0 Å². The fraction of sp³-hybridized carbons (Fsp3) is 0.0417. The minimum Gasteiger partial charge on any atom is -0.311 e. The van der Waals surface area contributed by atoms with E-state index in [0.717, 1.165) is 23.5 Å². The first kappa shape index (κ1) is 30.2. The van der Waals surface area contributed by atoms with Gasteiger partial charge < -0.3 is 4.90 Å². The van der Waals surface area contributed by atoms with Crippen LogP contribution < -0.4 is 4.90 Å². The maximum Gasteiger partial charge on any atom is 0.0462 e. The molecule has 1 nitrogen and oxygen atoms in total. The van der Waals surface area contributed by atoms with E-state index in [9.17, 15) is 0 Å². The second-order valence-electron chi connectivity index (χ2n) is 12.5. The maximum absolute atomic E-state index is 2.35. The topological polar surface area (TPSA) is 3.24 Å². The average Bonchev–Trinajstić information content (AvgIpc) is 3.18. The molecule has 0 atom stereocenters. The summed E-state index contributed by atoms with van der Waals surface area (Å²) in [5.41, 5.74) is 12.1. The lowest BCUT2D eigenvalue weighted by atomic mass is 9.90. The number of benzene rings is 8. The zero-order valence-electron chi connectivity index (χ0n) is 27.6. The van der Waals surface area contributed by atoms with Gasteiger partial charge in [0, 0.05) is 17.1 Å². The molecule has 0 N–H and O–H groups in total. The molecule has 49 heavy (non-hydrogen) atoms. The molecule has 0 bridgehead atoms. The Morgan fingerprint density at radius 2 is 0.816 bits per heavy atom. The van der Waals surface area contributed by atoms with Crippen LogP contribution in [0.2, 0.25) is 0 Å². The molecule has 1 heteroatoms. The van der Waals surface area contributed by atoms with E-state index < -0.39 is 0 Å². The molecule has 0 aliphatic rings. The summed E-state index contributed by atoms with van der Waals surface area (Å²) in [6, 6.07) is 67.8. The van der Waals surface area contributed by atoms with Crippen LogP contribution in [0.1, 0.15) is 18.1 Å². The monoisotopic (exact) mass is 627 g/mol. The highest BCUT2D eigenvalue weighted by atomic mass is 15.1. The fourth-order valence-corrected chi connectivity index (χ4v) is 7.00. The minimum absolute atomic E-state index is 0.864. The maximum atomic E-state index is 2.35. The van der Waals surface area contributed by atoms with Gasteiger partial charge in [0.25, 0.3) is 0 Å². The van der Waals surface area contributed by atoms with Gasteiger partial charge in [0.15, 0.2) is 0 Å². The Labute approximate surface area is 289 Å². The summed E-state index contributed by atoms with van der Waals surface area (Å²) < 4.78 is 0. The van der Waals surface area contributed by atoms with Gasteiger partial charge >= 0.3 is 0 Å². The van der Waals surface area contributed by atoms with E-state index in [4.69, 9.17) is 0 Å². The van der Waals surface area contributed by atoms with Gasteiger partial charge in [-0.05, 0) is 116 Å². The van der Waals surface area contributed by atoms with Crippen LogP contribution in [0, 0.1) is 0 Å². The predicted molar refractivity (Wildman–Crippen MR) is 211 cm³/mol. The van der Waals surface area contributed by atoms with E-state index in [-0.39, 0.29) is 0 Å². The van der Waals surface area contributed by atoms with Gasteiger partial charge in [-0.25, -0.2) is 0 Å². The summed E-state index contributed by atoms with van der Waals surface area (Å²) in [7, 11) is 0. The first-order valence-corrected chi connectivity index (χ1v) is 17.0. The number of fused-ring (bicyclic) bond motifs is 2. The molecule has 0 spiro atoms. The van der Waals surface area contributed by atoms with Gasteiger partial charge in [0.2, 0.25) is 0 Å². The van der Waals surface area contributed by atoms with Gasteiger partial charge in [0.05, 0.1) is 0 Å². The Morgan fingerprint density at radius 3 is 1.27 bits per heavy atom. The fourth-order valence-electron chi connectivity index (χ4n) is 7.00. The molecule has 0 fully saturated rings. The van der Waals surface area contributed by atoms with Crippen molar-refractivity contribution in [2.75, 3.05) is 4.90 Å². The number of allylic oxidation sites excluding steroid dienone is 2. The molecule has 8 aromatic carbocycles. The predicted octanol–water partition coefficient (Wildman–Crippen LogP) is 13.4. The normalized spacial score (nSPS) is 11.6. The number of hydrogen-bond donors (Lipinski definition) is 0. The number of rotatable bonds is 8. The summed E-state index contributed by atoms with van der Waals surface area (Å²) in [6.45, 7) is 2.16. The molecule has 0 aliphatic heterocycles. The highest BCUT2D eigenvalue weighted by Gasteiger charge is 2.15. The lowest BCUT2D eigenvalue weighted by Gasteiger charge is -2.26. The number of nitrogens with zero attached hydrogens (tertiary/aromatic N) is 1. The van der Waals surface area contributed by atoms with Crippen molar-refractivity contribution in [2.24, 2.45) is 0 Å². The minimum atomic E-state index is 0.864. The van der Waals surface area contributed by atoms with E-state index in [1.54, 1.807) is 0 Å². The van der Waals surface area contributed by atoms with Crippen LogP contribution in [0.4, 0.5) is 17.1 Å². The lowest BCUT2D eigenvalue weighted by molar-refractivity contribution is 1.27. The molecule has 0 heterocycles. The van der Waals surface area contributed by atoms with E-state index in [0.29, 0.717) is 0 Å².